The molecule has 3 aromatic rings. The van der Waals surface area contributed by atoms with E-state index < -0.39 is 0 Å². The van der Waals surface area contributed by atoms with Crippen LogP contribution in [0.1, 0.15) is 15.9 Å². The van der Waals surface area contributed by atoms with Crippen molar-refractivity contribution in [2.75, 3.05) is 11.9 Å². The molecule has 26 heavy (non-hydrogen) atoms. The van der Waals surface area contributed by atoms with E-state index in [0.29, 0.717) is 28.6 Å². The van der Waals surface area contributed by atoms with Gasteiger partial charge in [0.2, 0.25) is 0 Å². The second kappa shape index (κ2) is 8.88. The van der Waals surface area contributed by atoms with Gasteiger partial charge in [0.1, 0.15) is 5.75 Å². The van der Waals surface area contributed by atoms with Crippen LogP contribution < -0.4 is 10.1 Å². The maximum absolute atomic E-state index is 12.7. The van der Waals surface area contributed by atoms with Crippen LogP contribution in [0.3, 0.4) is 0 Å². The number of rotatable bonds is 6. The molecule has 0 aliphatic rings. The Balaban J connectivity index is 1.71. The molecular formula is C21H17BrClNO2. The number of hydrogen-bond donors (Lipinski definition) is 1. The van der Waals surface area contributed by atoms with E-state index >= 15 is 0 Å². The van der Waals surface area contributed by atoms with Gasteiger partial charge in [-0.3, -0.25) is 4.79 Å². The number of hydrogen-bond acceptors (Lipinski definition) is 2. The molecule has 1 amide bonds. The molecule has 0 saturated carbocycles. The summed E-state index contributed by atoms with van der Waals surface area (Å²) in [5.41, 5.74) is 2.29. The van der Waals surface area contributed by atoms with Crippen molar-refractivity contribution in [3.63, 3.8) is 0 Å². The zero-order chi connectivity index (χ0) is 18.4. The van der Waals surface area contributed by atoms with Gasteiger partial charge < -0.3 is 10.1 Å². The van der Waals surface area contributed by atoms with Gasteiger partial charge in [-0.05, 0) is 42.0 Å². The largest absolute Gasteiger partial charge is 0.492 e. The zero-order valence-electron chi connectivity index (χ0n) is 13.9. The monoisotopic (exact) mass is 429 g/mol. The predicted octanol–water partition coefficient (Wildman–Crippen LogP) is 5.98. The smallest absolute Gasteiger partial charge is 0.259 e. The van der Waals surface area contributed by atoms with E-state index in [1.165, 1.54) is 5.56 Å². The standard InChI is InChI=1S/C21H17BrClNO2/c22-16-9-10-20(26-12-11-15-5-2-1-3-6-15)19(13-16)21(25)24-18-8-4-7-17(23)14-18/h1-10,13-14H,11-12H2,(H,24,25). The lowest BCUT2D eigenvalue weighted by Crippen LogP contribution is -2.14. The highest BCUT2D eigenvalue weighted by Crippen LogP contribution is 2.25. The van der Waals surface area contributed by atoms with Crippen LogP contribution in [-0.4, -0.2) is 12.5 Å². The Hall–Kier alpha value is -2.30. The summed E-state index contributed by atoms with van der Waals surface area (Å²) in [5.74, 6) is 0.298. The third kappa shape index (κ3) is 5.10. The van der Waals surface area contributed by atoms with Gasteiger partial charge in [-0.1, -0.05) is 63.9 Å². The summed E-state index contributed by atoms with van der Waals surface area (Å²) >= 11 is 9.38. The minimum Gasteiger partial charge on any atom is -0.492 e. The normalized spacial score (nSPS) is 10.4. The highest BCUT2D eigenvalue weighted by atomic mass is 79.9. The second-order valence-electron chi connectivity index (χ2n) is 5.69. The van der Waals surface area contributed by atoms with Crippen molar-refractivity contribution in [3.05, 3.63) is 93.4 Å². The molecule has 0 radical (unpaired) electrons. The molecule has 0 aromatic heterocycles. The topological polar surface area (TPSA) is 38.3 Å². The minimum absolute atomic E-state index is 0.247. The lowest BCUT2D eigenvalue weighted by molar-refractivity contribution is 0.102. The molecule has 0 heterocycles. The molecule has 0 fully saturated rings. The van der Waals surface area contributed by atoms with Gasteiger partial charge in [0, 0.05) is 21.6 Å². The maximum Gasteiger partial charge on any atom is 0.259 e. The lowest BCUT2D eigenvalue weighted by atomic mass is 10.1. The fraction of sp³-hybridized carbons (Fsp3) is 0.0952. The number of amides is 1. The Morgan fingerprint density at radius 3 is 2.58 bits per heavy atom. The third-order valence-corrected chi connectivity index (χ3v) is 4.49. The van der Waals surface area contributed by atoms with Crippen LogP contribution in [0.4, 0.5) is 5.69 Å². The van der Waals surface area contributed by atoms with Crippen LogP contribution in [0.5, 0.6) is 5.75 Å². The average Bonchev–Trinajstić information content (AvgIpc) is 2.64. The van der Waals surface area contributed by atoms with E-state index in [2.05, 4.69) is 33.4 Å². The molecule has 0 aliphatic heterocycles. The van der Waals surface area contributed by atoms with E-state index in [-0.39, 0.29) is 5.91 Å². The Labute approximate surface area is 166 Å². The number of nitrogens with one attached hydrogen (secondary N) is 1. The highest BCUT2D eigenvalue weighted by Gasteiger charge is 2.14. The first-order valence-electron chi connectivity index (χ1n) is 8.15. The fourth-order valence-electron chi connectivity index (χ4n) is 2.49. The first kappa shape index (κ1) is 18.5. The van der Waals surface area contributed by atoms with Crippen LogP contribution in [-0.2, 0) is 6.42 Å². The van der Waals surface area contributed by atoms with E-state index in [9.17, 15) is 4.79 Å². The van der Waals surface area contributed by atoms with Gasteiger partial charge in [0.05, 0.1) is 12.2 Å². The van der Waals surface area contributed by atoms with Crippen LogP contribution in [0.15, 0.2) is 77.3 Å². The first-order valence-corrected chi connectivity index (χ1v) is 9.32. The lowest BCUT2D eigenvalue weighted by Gasteiger charge is -2.12. The van der Waals surface area contributed by atoms with E-state index in [4.69, 9.17) is 16.3 Å². The number of ether oxygens (including phenoxy) is 1. The molecular weight excluding hydrogens is 414 g/mol. The SMILES string of the molecule is O=C(Nc1cccc(Cl)c1)c1cc(Br)ccc1OCCc1ccccc1. The molecule has 0 bridgehead atoms. The Kier molecular flexibility index (Phi) is 6.31. The predicted molar refractivity (Wildman–Crippen MR) is 109 cm³/mol. The summed E-state index contributed by atoms with van der Waals surface area (Å²) in [5, 5.41) is 3.42. The molecule has 0 aliphatic carbocycles. The van der Waals surface area contributed by atoms with Crippen molar-refractivity contribution in [3.8, 4) is 5.75 Å². The summed E-state index contributed by atoms with van der Waals surface area (Å²) in [6.07, 6.45) is 0.770. The third-order valence-electron chi connectivity index (χ3n) is 3.76. The fourth-order valence-corrected chi connectivity index (χ4v) is 3.05. The molecule has 132 valence electrons. The summed E-state index contributed by atoms with van der Waals surface area (Å²) in [4.78, 5) is 12.7. The van der Waals surface area contributed by atoms with Gasteiger partial charge in [0.15, 0.2) is 0 Å². The van der Waals surface area contributed by atoms with Crippen LogP contribution in [0, 0.1) is 0 Å². The molecule has 0 spiro atoms. The number of anilines is 1. The molecule has 3 aromatic carbocycles. The first-order chi connectivity index (χ1) is 12.6. The van der Waals surface area contributed by atoms with Gasteiger partial charge in [-0.15, -0.1) is 0 Å². The molecule has 3 rings (SSSR count). The summed E-state index contributed by atoms with van der Waals surface area (Å²) in [6, 6.07) is 22.5. The second-order valence-corrected chi connectivity index (χ2v) is 7.04. The number of halogens is 2. The average molecular weight is 431 g/mol. The van der Waals surface area contributed by atoms with E-state index in [1.807, 2.05) is 24.3 Å². The van der Waals surface area contributed by atoms with Gasteiger partial charge >= 0.3 is 0 Å². The maximum atomic E-state index is 12.7. The Bertz CT molecular complexity index is 900. The van der Waals surface area contributed by atoms with Crippen molar-refractivity contribution in [2.45, 2.75) is 6.42 Å². The number of carbonyl (C=O) groups excluding carboxylic acids is 1. The van der Waals surface area contributed by atoms with Crippen molar-refractivity contribution < 1.29 is 9.53 Å². The Morgan fingerprint density at radius 2 is 1.81 bits per heavy atom. The van der Waals surface area contributed by atoms with Crippen molar-refractivity contribution in [1.82, 2.24) is 0 Å². The minimum atomic E-state index is -0.247. The summed E-state index contributed by atoms with van der Waals surface area (Å²) in [6.45, 7) is 0.489. The highest BCUT2D eigenvalue weighted by molar-refractivity contribution is 9.10. The zero-order valence-corrected chi connectivity index (χ0v) is 16.3. The van der Waals surface area contributed by atoms with Gasteiger partial charge in [-0.25, -0.2) is 0 Å². The molecule has 0 saturated heterocycles. The van der Waals surface area contributed by atoms with E-state index in [1.54, 1.807) is 36.4 Å². The van der Waals surface area contributed by atoms with Crippen LogP contribution in [0.2, 0.25) is 5.02 Å². The Morgan fingerprint density at radius 1 is 1.00 bits per heavy atom. The summed E-state index contributed by atoms with van der Waals surface area (Å²) in [7, 11) is 0. The molecule has 5 heteroatoms. The van der Waals surface area contributed by atoms with Gasteiger partial charge in [0.25, 0.3) is 5.91 Å². The van der Waals surface area contributed by atoms with Crippen molar-refractivity contribution in [1.29, 1.82) is 0 Å². The van der Waals surface area contributed by atoms with Gasteiger partial charge in [-0.2, -0.15) is 0 Å². The van der Waals surface area contributed by atoms with Crippen LogP contribution in [0.25, 0.3) is 0 Å². The summed E-state index contributed by atoms with van der Waals surface area (Å²) < 4.78 is 6.68. The molecule has 0 unspecified atom stereocenters. The van der Waals surface area contributed by atoms with Crippen LogP contribution >= 0.6 is 27.5 Å². The molecule has 3 nitrogen and oxygen atoms in total. The van der Waals surface area contributed by atoms with Crippen molar-refractivity contribution in [2.24, 2.45) is 0 Å². The molecule has 1 N–H and O–H groups in total. The number of carbonyl (C=O) groups is 1. The molecule has 0 atom stereocenters. The quantitative estimate of drug-likeness (QED) is 0.523. The number of benzene rings is 3. The van der Waals surface area contributed by atoms with Crippen molar-refractivity contribution >= 4 is 39.1 Å². The van der Waals surface area contributed by atoms with E-state index in [0.717, 1.165) is 10.9 Å².